The average Bonchev–Trinajstić information content (AvgIpc) is 2.66. The summed E-state index contributed by atoms with van der Waals surface area (Å²) < 4.78 is 0. The SMILES string of the molecule is CCNC(=NCCCN(C)c1ccccc1)NCCc1ccccn1. The number of aromatic nitrogens is 1. The summed E-state index contributed by atoms with van der Waals surface area (Å²) in [4.78, 5) is 11.3. The number of hydrogen-bond donors (Lipinski definition) is 2. The summed E-state index contributed by atoms with van der Waals surface area (Å²) >= 11 is 0. The molecule has 1 aromatic heterocycles. The summed E-state index contributed by atoms with van der Waals surface area (Å²) in [6.45, 7) is 5.56. The molecule has 0 atom stereocenters. The molecule has 0 radical (unpaired) electrons. The quantitative estimate of drug-likeness (QED) is 0.419. The standard InChI is InChI=1S/C20H29N5/c1-3-21-20(24-16-13-18-10-7-8-14-22-18)23-15-9-17-25(2)19-11-5-4-6-12-19/h4-8,10-12,14H,3,9,13,15-17H2,1-2H3,(H2,21,23,24). The number of nitrogens with one attached hydrogen (secondary N) is 2. The first-order valence-corrected chi connectivity index (χ1v) is 8.98. The molecule has 0 bridgehead atoms. The highest BCUT2D eigenvalue weighted by atomic mass is 15.2. The Morgan fingerprint density at radius 3 is 2.60 bits per heavy atom. The molecular weight excluding hydrogens is 310 g/mol. The van der Waals surface area contributed by atoms with Gasteiger partial charge in [-0.15, -0.1) is 0 Å². The lowest BCUT2D eigenvalue weighted by Crippen LogP contribution is -2.38. The number of anilines is 1. The molecule has 0 saturated heterocycles. The van der Waals surface area contributed by atoms with Crippen molar-refractivity contribution < 1.29 is 0 Å². The highest BCUT2D eigenvalue weighted by Gasteiger charge is 2.00. The maximum atomic E-state index is 4.66. The predicted molar refractivity (Wildman–Crippen MR) is 106 cm³/mol. The molecule has 0 fully saturated rings. The zero-order valence-corrected chi connectivity index (χ0v) is 15.3. The molecule has 0 spiro atoms. The van der Waals surface area contributed by atoms with Crippen LogP contribution in [0.25, 0.3) is 0 Å². The average molecular weight is 339 g/mol. The summed E-state index contributed by atoms with van der Waals surface area (Å²) in [5, 5.41) is 6.67. The number of nitrogens with zero attached hydrogens (tertiary/aromatic N) is 3. The first-order valence-electron chi connectivity index (χ1n) is 8.98. The maximum Gasteiger partial charge on any atom is 0.191 e. The van der Waals surface area contributed by atoms with E-state index in [-0.39, 0.29) is 0 Å². The summed E-state index contributed by atoms with van der Waals surface area (Å²) in [7, 11) is 2.12. The van der Waals surface area contributed by atoms with Crippen molar-refractivity contribution in [1.29, 1.82) is 0 Å². The Labute approximate surface area is 151 Å². The van der Waals surface area contributed by atoms with Crippen LogP contribution in [0.3, 0.4) is 0 Å². The van der Waals surface area contributed by atoms with E-state index in [0.29, 0.717) is 0 Å². The number of benzene rings is 1. The van der Waals surface area contributed by atoms with E-state index in [1.54, 1.807) is 0 Å². The normalized spacial score (nSPS) is 11.2. The lowest BCUT2D eigenvalue weighted by Gasteiger charge is -2.18. The van der Waals surface area contributed by atoms with Gasteiger partial charge in [-0.2, -0.15) is 0 Å². The smallest absolute Gasteiger partial charge is 0.191 e. The van der Waals surface area contributed by atoms with Crippen LogP contribution < -0.4 is 15.5 Å². The van der Waals surface area contributed by atoms with Gasteiger partial charge in [-0.1, -0.05) is 24.3 Å². The van der Waals surface area contributed by atoms with Crippen molar-refractivity contribution in [2.75, 3.05) is 38.1 Å². The Balaban J connectivity index is 1.71. The topological polar surface area (TPSA) is 52.6 Å². The minimum atomic E-state index is 0.802. The Morgan fingerprint density at radius 2 is 1.88 bits per heavy atom. The van der Waals surface area contributed by atoms with Crippen LogP contribution in [-0.2, 0) is 6.42 Å². The first-order chi connectivity index (χ1) is 12.3. The predicted octanol–water partition coefficient (Wildman–Crippen LogP) is 2.71. The third-order valence-corrected chi connectivity index (χ3v) is 3.86. The fourth-order valence-electron chi connectivity index (χ4n) is 2.51. The summed E-state index contributed by atoms with van der Waals surface area (Å²) in [6, 6.07) is 16.4. The van der Waals surface area contributed by atoms with Crippen molar-refractivity contribution in [3.63, 3.8) is 0 Å². The number of pyridine rings is 1. The van der Waals surface area contributed by atoms with Crippen LogP contribution in [-0.4, -0.2) is 44.2 Å². The van der Waals surface area contributed by atoms with Crippen molar-refractivity contribution >= 4 is 11.6 Å². The van der Waals surface area contributed by atoms with Crippen LogP contribution in [0.2, 0.25) is 0 Å². The van der Waals surface area contributed by atoms with Crippen LogP contribution in [0, 0.1) is 0 Å². The Bertz CT molecular complexity index is 612. The lowest BCUT2D eigenvalue weighted by atomic mass is 10.3. The second kappa shape index (κ2) is 11.1. The molecule has 0 unspecified atom stereocenters. The molecule has 0 saturated carbocycles. The number of hydrogen-bond acceptors (Lipinski definition) is 3. The molecular formula is C20H29N5. The lowest BCUT2D eigenvalue weighted by molar-refractivity contribution is 0.761. The molecule has 0 aliphatic rings. The fraction of sp³-hybridized carbons (Fsp3) is 0.400. The zero-order chi connectivity index (χ0) is 17.7. The van der Waals surface area contributed by atoms with Gasteiger partial charge in [-0.3, -0.25) is 9.98 Å². The maximum absolute atomic E-state index is 4.66. The van der Waals surface area contributed by atoms with Crippen molar-refractivity contribution in [2.45, 2.75) is 19.8 Å². The van der Waals surface area contributed by atoms with Crippen LogP contribution >= 0.6 is 0 Å². The Hall–Kier alpha value is -2.56. The van der Waals surface area contributed by atoms with Crippen LogP contribution in [0.1, 0.15) is 19.0 Å². The number of aliphatic imine (C=N–C) groups is 1. The summed E-state index contributed by atoms with van der Waals surface area (Å²) in [6.07, 6.45) is 3.74. The van der Waals surface area contributed by atoms with E-state index >= 15 is 0 Å². The van der Waals surface area contributed by atoms with Crippen molar-refractivity contribution in [2.24, 2.45) is 4.99 Å². The zero-order valence-electron chi connectivity index (χ0n) is 15.3. The van der Waals surface area contributed by atoms with E-state index in [9.17, 15) is 0 Å². The van der Waals surface area contributed by atoms with Crippen LogP contribution in [0.5, 0.6) is 0 Å². The van der Waals surface area contributed by atoms with E-state index in [0.717, 1.165) is 50.7 Å². The van der Waals surface area contributed by atoms with E-state index in [2.05, 4.69) is 63.7 Å². The van der Waals surface area contributed by atoms with Gasteiger partial charge in [0, 0.05) is 57.2 Å². The largest absolute Gasteiger partial charge is 0.375 e. The van der Waals surface area contributed by atoms with Gasteiger partial charge in [0.25, 0.3) is 0 Å². The van der Waals surface area contributed by atoms with Gasteiger partial charge >= 0.3 is 0 Å². The minimum Gasteiger partial charge on any atom is -0.375 e. The van der Waals surface area contributed by atoms with Crippen molar-refractivity contribution in [3.05, 3.63) is 60.4 Å². The van der Waals surface area contributed by atoms with E-state index in [4.69, 9.17) is 0 Å². The van der Waals surface area contributed by atoms with E-state index in [1.807, 2.05) is 30.5 Å². The highest BCUT2D eigenvalue weighted by molar-refractivity contribution is 5.79. The Kier molecular flexibility index (Phi) is 8.32. The molecule has 25 heavy (non-hydrogen) atoms. The van der Waals surface area contributed by atoms with Crippen molar-refractivity contribution in [1.82, 2.24) is 15.6 Å². The van der Waals surface area contributed by atoms with Gasteiger partial charge in [0.1, 0.15) is 0 Å². The minimum absolute atomic E-state index is 0.802. The number of rotatable bonds is 9. The molecule has 1 aromatic carbocycles. The molecule has 134 valence electrons. The molecule has 1 heterocycles. The van der Waals surface area contributed by atoms with Crippen LogP contribution in [0.15, 0.2) is 59.7 Å². The second-order valence-electron chi connectivity index (χ2n) is 5.87. The third kappa shape index (κ3) is 7.25. The summed E-state index contributed by atoms with van der Waals surface area (Å²) in [5.74, 6) is 0.876. The van der Waals surface area contributed by atoms with Crippen molar-refractivity contribution in [3.8, 4) is 0 Å². The molecule has 0 amide bonds. The van der Waals surface area contributed by atoms with Crippen LogP contribution in [0.4, 0.5) is 5.69 Å². The van der Waals surface area contributed by atoms with E-state index in [1.165, 1.54) is 5.69 Å². The molecule has 2 N–H and O–H groups in total. The fourth-order valence-corrected chi connectivity index (χ4v) is 2.51. The monoisotopic (exact) mass is 339 g/mol. The highest BCUT2D eigenvalue weighted by Crippen LogP contribution is 2.10. The molecule has 2 rings (SSSR count). The van der Waals surface area contributed by atoms with Gasteiger partial charge in [0.15, 0.2) is 5.96 Å². The molecule has 2 aromatic rings. The van der Waals surface area contributed by atoms with Gasteiger partial charge in [-0.05, 0) is 37.6 Å². The van der Waals surface area contributed by atoms with E-state index < -0.39 is 0 Å². The molecule has 0 aliphatic heterocycles. The molecule has 0 aliphatic carbocycles. The van der Waals surface area contributed by atoms with Gasteiger partial charge in [0.2, 0.25) is 0 Å². The molecule has 5 heteroatoms. The first kappa shape index (κ1) is 18.8. The van der Waals surface area contributed by atoms with Gasteiger partial charge in [0.05, 0.1) is 0 Å². The number of para-hydroxylation sites is 1. The number of guanidine groups is 1. The molecule has 5 nitrogen and oxygen atoms in total. The van der Waals surface area contributed by atoms with Gasteiger partial charge in [-0.25, -0.2) is 0 Å². The second-order valence-corrected chi connectivity index (χ2v) is 5.87. The summed E-state index contributed by atoms with van der Waals surface area (Å²) in [5.41, 5.74) is 2.34. The Morgan fingerprint density at radius 1 is 1.08 bits per heavy atom. The van der Waals surface area contributed by atoms with Gasteiger partial charge < -0.3 is 15.5 Å². The third-order valence-electron chi connectivity index (χ3n) is 3.86.